The molecule has 1 aliphatic heterocycles. The predicted octanol–water partition coefficient (Wildman–Crippen LogP) is 2.98. The first-order chi connectivity index (χ1) is 12.1. The zero-order valence-corrected chi connectivity index (χ0v) is 15.8. The molecule has 0 aromatic carbocycles. The van der Waals surface area contributed by atoms with Crippen LogP contribution in [0, 0.1) is 5.92 Å². The van der Waals surface area contributed by atoms with E-state index in [1.807, 2.05) is 17.5 Å². The monoisotopic (exact) mass is 358 g/mol. The summed E-state index contributed by atoms with van der Waals surface area (Å²) in [6.07, 6.45) is 6.45. The second kappa shape index (κ2) is 8.54. The lowest BCUT2D eigenvalue weighted by molar-refractivity contribution is -0.121. The smallest absolute Gasteiger partial charge is 0.226 e. The molecule has 1 saturated heterocycles. The Kier molecular flexibility index (Phi) is 6.15. The van der Waals surface area contributed by atoms with Crippen LogP contribution in [0.1, 0.15) is 32.4 Å². The van der Waals surface area contributed by atoms with Crippen LogP contribution in [0.2, 0.25) is 0 Å². The normalized spacial score (nSPS) is 19.5. The van der Waals surface area contributed by atoms with Gasteiger partial charge in [0.05, 0.1) is 12.1 Å². The average Bonchev–Trinajstić information content (AvgIpc) is 3.03. The van der Waals surface area contributed by atoms with Crippen molar-refractivity contribution in [2.24, 2.45) is 5.92 Å². The quantitative estimate of drug-likeness (QED) is 0.862. The Hall–Kier alpha value is -1.79. The third kappa shape index (κ3) is 5.34. The summed E-state index contributed by atoms with van der Waals surface area (Å²) in [5.41, 5.74) is 1.81. The lowest BCUT2D eigenvalue weighted by Gasteiger charge is -2.32. The Bertz CT molecular complexity index is 688. The molecule has 25 heavy (non-hydrogen) atoms. The summed E-state index contributed by atoms with van der Waals surface area (Å²) in [6, 6.07) is 4.04. The van der Waals surface area contributed by atoms with Crippen LogP contribution >= 0.6 is 11.3 Å². The molecule has 1 aliphatic rings. The predicted molar refractivity (Wildman–Crippen MR) is 101 cm³/mol. The number of hydrogen-bond acceptors (Lipinski definition) is 5. The van der Waals surface area contributed by atoms with E-state index in [0.717, 1.165) is 41.8 Å². The van der Waals surface area contributed by atoms with E-state index in [9.17, 15) is 4.79 Å². The van der Waals surface area contributed by atoms with Crippen molar-refractivity contribution in [2.75, 3.05) is 19.6 Å². The van der Waals surface area contributed by atoms with Gasteiger partial charge in [-0.2, -0.15) is 0 Å². The first-order valence-electron chi connectivity index (χ1n) is 8.96. The molecule has 0 aliphatic carbocycles. The summed E-state index contributed by atoms with van der Waals surface area (Å²) in [6.45, 7) is 7.59. The summed E-state index contributed by atoms with van der Waals surface area (Å²) in [4.78, 5) is 23.4. The number of nitrogens with zero attached hydrogens (tertiary/aromatic N) is 3. The number of amides is 1. The van der Waals surface area contributed by atoms with Crippen molar-refractivity contribution in [1.82, 2.24) is 20.2 Å². The number of nitrogens with one attached hydrogen (secondary N) is 1. The Morgan fingerprint density at radius 1 is 1.52 bits per heavy atom. The highest BCUT2D eigenvalue weighted by molar-refractivity contribution is 7.13. The molecule has 134 valence electrons. The molecule has 2 aromatic heterocycles. The molecular formula is C19H26N4OS. The summed E-state index contributed by atoms with van der Waals surface area (Å²) < 4.78 is 0. The van der Waals surface area contributed by atoms with Crippen LogP contribution in [0.3, 0.4) is 0 Å². The van der Waals surface area contributed by atoms with E-state index in [1.165, 1.54) is 12.8 Å². The van der Waals surface area contributed by atoms with Gasteiger partial charge in [0.2, 0.25) is 5.91 Å². The van der Waals surface area contributed by atoms with Crippen LogP contribution in [-0.4, -0.2) is 46.5 Å². The van der Waals surface area contributed by atoms with Crippen molar-refractivity contribution in [3.8, 4) is 10.6 Å². The minimum Gasteiger partial charge on any atom is -0.352 e. The van der Waals surface area contributed by atoms with Crippen LogP contribution in [-0.2, 0) is 11.2 Å². The van der Waals surface area contributed by atoms with Gasteiger partial charge in [0.25, 0.3) is 0 Å². The second-order valence-corrected chi connectivity index (χ2v) is 7.90. The molecule has 1 amide bonds. The van der Waals surface area contributed by atoms with Gasteiger partial charge in [-0.05, 0) is 44.4 Å². The molecule has 5 nitrogen and oxygen atoms in total. The number of rotatable bonds is 6. The minimum atomic E-state index is 0.0422. The molecule has 0 bridgehead atoms. The zero-order valence-electron chi connectivity index (χ0n) is 14.9. The highest BCUT2D eigenvalue weighted by Crippen LogP contribution is 2.22. The zero-order chi connectivity index (χ0) is 17.6. The fourth-order valence-electron chi connectivity index (χ4n) is 3.39. The van der Waals surface area contributed by atoms with E-state index < -0.39 is 0 Å². The molecule has 0 spiro atoms. The molecule has 3 rings (SSSR count). The van der Waals surface area contributed by atoms with E-state index in [2.05, 4.69) is 34.0 Å². The van der Waals surface area contributed by atoms with Crippen molar-refractivity contribution in [3.05, 3.63) is 35.6 Å². The number of pyridine rings is 1. The van der Waals surface area contributed by atoms with Gasteiger partial charge in [-0.25, -0.2) is 4.98 Å². The van der Waals surface area contributed by atoms with E-state index in [-0.39, 0.29) is 11.9 Å². The number of likely N-dealkylation sites (tertiary alicyclic amines) is 1. The lowest BCUT2D eigenvalue weighted by Crippen LogP contribution is -2.45. The number of carbonyl (C=O) groups is 1. The Labute approximate surface area is 153 Å². The summed E-state index contributed by atoms with van der Waals surface area (Å²) in [5.74, 6) is 0.804. The lowest BCUT2D eigenvalue weighted by atomic mass is 10.00. The van der Waals surface area contributed by atoms with Crippen LogP contribution < -0.4 is 5.32 Å². The highest BCUT2D eigenvalue weighted by atomic mass is 32.1. The van der Waals surface area contributed by atoms with E-state index in [0.29, 0.717) is 6.42 Å². The van der Waals surface area contributed by atoms with E-state index in [4.69, 9.17) is 0 Å². The molecule has 2 aromatic rings. The number of aromatic nitrogens is 2. The van der Waals surface area contributed by atoms with Crippen molar-refractivity contribution < 1.29 is 4.79 Å². The first-order valence-corrected chi connectivity index (χ1v) is 9.84. The summed E-state index contributed by atoms with van der Waals surface area (Å²) in [5, 5.41) is 5.98. The third-order valence-corrected chi connectivity index (χ3v) is 5.42. The summed E-state index contributed by atoms with van der Waals surface area (Å²) in [7, 11) is 0. The highest BCUT2D eigenvalue weighted by Gasteiger charge is 2.19. The number of piperidine rings is 1. The molecule has 0 radical (unpaired) electrons. The maximum atomic E-state index is 12.3. The first kappa shape index (κ1) is 18.0. The van der Waals surface area contributed by atoms with Crippen LogP contribution in [0.4, 0.5) is 0 Å². The van der Waals surface area contributed by atoms with E-state index >= 15 is 0 Å². The number of hydrogen-bond donors (Lipinski definition) is 1. The van der Waals surface area contributed by atoms with Gasteiger partial charge in [0.15, 0.2) is 0 Å². The van der Waals surface area contributed by atoms with Gasteiger partial charge in [-0.15, -0.1) is 11.3 Å². The molecule has 1 N–H and O–H groups in total. The van der Waals surface area contributed by atoms with Gasteiger partial charge >= 0.3 is 0 Å². The fraction of sp³-hybridized carbons (Fsp3) is 0.526. The molecule has 0 saturated carbocycles. The van der Waals surface area contributed by atoms with Gasteiger partial charge < -0.3 is 10.2 Å². The van der Waals surface area contributed by atoms with Gasteiger partial charge in [-0.3, -0.25) is 9.78 Å². The van der Waals surface area contributed by atoms with Crippen LogP contribution in [0.25, 0.3) is 10.6 Å². The van der Waals surface area contributed by atoms with Gasteiger partial charge in [-0.1, -0.05) is 6.92 Å². The molecule has 3 heterocycles. The SMILES string of the molecule is C[C@H]1CCCN(C[C@H](C)NC(=O)Cc2csc(-c3cccnc3)n2)C1. The average molecular weight is 359 g/mol. The summed E-state index contributed by atoms with van der Waals surface area (Å²) >= 11 is 1.55. The Morgan fingerprint density at radius 3 is 3.16 bits per heavy atom. The third-order valence-electron chi connectivity index (χ3n) is 4.48. The molecule has 1 fully saturated rings. The molecule has 6 heteroatoms. The second-order valence-electron chi connectivity index (χ2n) is 7.04. The molecule has 2 atom stereocenters. The molecule has 0 unspecified atom stereocenters. The largest absolute Gasteiger partial charge is 0.352 e. The maximum absolute atomic E-state index is 12.3. The minimum absolute atomic E-state index is 0.0422. The van der Waals surface area contributed by atoms with Crippen molar-refractivity contribution in [2.45, 2.75) is 39.2 Å². The van der Waals surface area contributed by atoms with Gasteiger partial charge in [0.1, 0.15) is 5.01 Å². The number of carbonyl (C=O) groups excluding carboxylic acids is 1. The Morgan fingerprint density at radius 2 is 2.40 bits per heavy atom. The van der Waals surface area contributed by atoms with E-state index in [1.54, 1.807) is 23.7 Å². The van der Waals surface area contributed by atoms with Crippen LogP contribution in [0.5, 0.6) is 0 Å². The fourth-order valence-corrected chi connectivity index (χ4v) is 4.20. The van der Waals surface area contributed by atoms with Crippen LogP contribution in [0.15, 0.2) is 29.9 Å². The van der Waals surface area contributed by atoms with Crippen molar-refractivity contribution in [3.63, 3.8) is 0 Å². The van der Waals surface area contributed by atoms with Crippen molar-refractivity contribution >= 4 is 17.2 Å². The number of thiazole rings is 1. The molecular weight excluding hydrogens is 332 g/mol. The van der Waals surface area contributed by atoms with Crippen molar-refractivity contribution in [1.29, 1.82) is 0 Å². The standard InChI is InChI=1S/C19H26N4OS/c1-14-5-4-8-23(11-14)12-15(2)21-18(24)9-17-13-25-19(22-17)16-6-3-7-20-10-16/h3,6-7,10,13-15H,4-5,8-9,11-12H2,1-2H3,(H,21,24)/t14-,15-/m0/s1. The Balaban J connectivity index is 1.48. The maximum Gasteiger partial charge on any atom is 0.226 e. The van der Waals surface area contributed by atoms with Gasteiger partial charge in [0, 0.05) is 42.5 Å². The topological polar surface area (TPSA) is 58.1 Å².